The van der Waals surface area contributed by atoms with Crippen molar-refractivity contribution in [3.8, 4) is 11.5 Å². The summed E-state index contributed by atoms with van der Waals surface area (Å²) in [5.74, 6) is 0.702. The number of hydrogen-bond acceptors (Lipinski definition) is 6. The van der Waals surface area contributed by atoms with Crippen LogP contribution in [0.1, 0.15) is 24.8 Å². The van der Waals surface area contributed by atoms with Crippen LogP contribution in [0.2, 0.25) is 0 Å². The fraction of sp³-hybridized carbons (Fsp3) is 0.389. The van der Waals surface area contributed by atoms with Gasteiger partial charge in [-0.3, -0.25) is 9.59 Å². The summed E-state index contributed by atoms with van der Waals surface area (Å²) in [7, 11) is 1.53. The number of nitrogens with one attached hydrogen (secondary N) is 1. The molecule has 2 saturated heterocycles. The molecule has 0 atom stereocenters. The molecule has 144 valence electrons. The van der Waals surface area contributed by atoms with Crippen molar-refractivity contribution >= 4 is 62.1 Å². The lowest BCUT2D eigenvalue weighted by Crippen LogP contribution is -2.38. The maximum Gasteiger partial charge on any atom is 0.263 e. The van der Waals surface area contributed by atoms with E-state index in [0.717, 1.165) is 31.5 Å². The van der Waals surface area contributed by atoms with E-state index in [0.29, 0.717) is 25.2 Å². The van der Waals surface area contributed by atoms with Crippen LogP contribution >= 0.6 is 39.9 Å². The number of hydrogen-bond donors (Lipinski definition) is 1. The van der Waals surface area contributed by atoms with E-state index in [2.05, 4.69) is 21.2 Å². The van der Waals surface area contributed by atoms with Crippen molar-refractivity contribution in [1.29, 1.82) is 0 Å². The first-order valence-electron chi connectivity index (χ1n) is 8.51. The number of carbonyl (C=O) groups excluding carboxylic acids is 2. The van der Waals surface area contributed by atoms with Crippen molar-refractivity contribution in [3.63, 3.8) is 0 Å². The van der Waals surface area contributed by atoms with Gasteiger partial charge in [-0.15, -0.1) is 0 Å². The topological polar surface area (TPSA) is 67.9 Å². The van der Waals surface area contributed by atoms with Crippen LogP contribution in [-0.4, -0.2) is 47.8 Å². The van der Waals surface area contributed by atoms with Crippen molar-refractivity contribution in [3.05, 3.63) is 27.1 Å². The molecule has 1 aromatic carbocycles. The molecule has 3 rings (SSSR count). The highest BCUT2D eigenvalue weighted by molar-refractivity contribution is 9.10. The molecule has 0 unspecified atom stereocenters. The van der Waals surface area contributed by atoms with E-state index in [1.807, 2.05) is 11.0 Å². The first-order chi connectivity index (χ1) is 13.0. The largest absolute Gasteiger partial charge is 0.493 e. The summed E-state index contributed by atoms with van der Waals surface area (Å²) in [5, 5.41) is 2.58. The number of amides is 2. The normalized spacial score (nSPS) is 18.6. The lowest BCUT2D eigenvalue weighted by molar-refractivity contribution is -0.134. The summed E-state index contributed by atoms with van der Waals surface area (Å²) in [4.78, 5) is 26.5. The van der Waals surface area contributed by atoms with Crippen LogP contribution in [0.4, 0.5) is 0 Å². The predicted octanol–water partition coefficient (Wildman–Crippen LogP) is 3.34. The third kappa shape index (κ3) is 5.03. The average molecular weight is 471 g/mol. The summed E-state index contributed by atoms with van der Waals surface area (Å²) in [5.41, 5.74) is 0.760. The summed E-state index contributed by atoms with van der Waals surface area (Å²) in [6.45, 7) is 1.53. The van der Waals surface area contributed by atoms with E-state index in [1.54, 1.807) is 12.1 Å². The Morgan fingerprint density at radius 2 is 2.11 bits per heavy atom. The number of carbonyl (C=O) groups is 2. The van der Waals surface area contributed by atoms with Crippen LogP contribution in [0.25, 0.3) is 6.08 Å². The van der Waals surface area contributed by atoms with Crippen LogP contribution in [0, 0.1) is 0 Å². The Morgan fingerprint density at radius 3 is 2.74 bits per heavy atom. The molecule has 2 aliphatic heterocycles. The molecule has 2 heterocycles. The van der Waals surface area contributed by atoms with Gasteiger partial charge in [0.2, 0.25) is 0 Å². The number of nitrogens with zero attached hydrogens (tertiary/aromatic N) is 1. The number of thioether (sulfide) groups is 1. The van der Waals surface area contributed by atoms with E-state index in [9.17, 15) is 9.59 Å². The van der Waals surface area contributed by atoms with Gasteiger partial charge >= 0.3 is 0 Å². The molecule has 27 heavy (non-hydrogen) atoms. The molecule has 6 nitrogen and oxygen atoms in total. The van der Waals surface area contributed by atoms with E-state index < -0.39 is 0 Å². The Labute approximate surface area is 175 Å². The fourth-order valence-corrected chi connectivity index (χ4v) is 4.52. The Morgan fingerprint density at radius 1 is 1.37 bits per heavy atom. The van der Waals surface area contributed by atoms with Gasteiger partial charge in [-0.2, -0.15) is 0 Å². The summed E-state index contributed by atoms with van der Waals surface area (Å²) < 4.78 is 12.2. The third-order valence-corrected chi connectivity index (χ3v) is 5.99. The van der Waals surface area contributed by atoms with Gasteiger partial charge in [0.1, 0.15) is 4.32 Å². The number of ether oxygens (including phenoxy) is 2. The van der Waals surface area contributed by atoms with E-state index in [1.165, 1.54) is 25.3 Å². The molecule has 2 fully saturated rings. The molecule has 1 aromatic rings. The zero-order chi connectivity index (χ0) is 19.4. The lowest BCUT2D eigenvalue weighted by atomic mass is 10.1. The predicted molar refractivity (Wildman–Crippen MR) is 113 cm³/mol. The first-order valence-corrected chi connectivity index (χ1v) is 10.5. The van der Waals surface area contributed by atoms with Gasteiger partial charge in [0.05, 0.1) is 16.5 Å². The SMILES string of the molecule is COc1cc(/C=C2/SC(=S)NC2=O)cc(Br)c1OCC(=O)N1CCCCC1. The van der Waals surface area contributed by atoms with E-state index >= 15 is 0 Å². The lowest BCUT2D eigenvalue weighted by Gasteiger charge is -2.26. The van der Waals surface area contributed by atoms with Crippen molar-refractivity contribution in [2.24, 2.45) is 0 Å². The number of piperidine rings is 1. The van der Waals surface area contributed by atoms with Gasteiger partial charge in [-0.25, -0.2) is 0 Å². The van der Waals surface area contributed by atoms with Crippen molar-refractivity contribution in [2.45, 2.75) is 19.3 Å². The molecule has 1 N–H and O–H groups in total. The minimum Gasteiger partial charge on any atom is -0.493 e. The molecule has 0 saturated carbocycles. The average Bonchev–Trinajstić information content (AvgIpc) is 2.97. The number of likely N-dealkylation sites (tertiary alicyclic amines) is 1. The summed E-state index contributed by atoms with van der Waals surface area (Å²) in [6.07, 6.45) is 4.98. The Hall–Kier alpha value is -1.58. The molecule has 0 aromatic heterocycles. The molecule has 0 bridgehead atoms. The van der Waals surface area contributed by atoms with Gasteiger partial charge in [-0.05, 0) is 59.0 Å². The van der Waals surface area contributed by atoms with Crippen LogP contribution in [-0.2, 0) is 9.59 Å². The van der Waals surface area contributed by atoms with Crippen LogP contribution in [0.3, 0.4) is 0 Å². The number of benzene rings is 1. The van der Waals surface area contributed by atoms with Crippen LogP contribution < -0.4 is 14.8 Å². The first kappa shape index (κ1) is 20.2. The second-order valence-electron chi connectivity index (χ2n) is 6.12. The smallest absolute Gasteiger partial charge is 0.263 e. The van der Waals surface area contributed by atoms with Gasteiger partial charge in [0.25, 0.3) is 11.8 Å². The number of rotatable bonds is 5. The quantitative estimate of drug-likeness (QED) is 0.525. The summed E-state index contributed by atoms with van der Waals surface area (Å²) in [6, 6.07) is 3.57. The highest BCUT2D eigenvalue weighted by atomic mass is 79.9. The molecule has 9 heteroatoms. The molecule has 2 aliphatic rings. The molecule has 0 radical (unpaired) electrons. The second-order valence-corrected chi connectivity index (χ2v) is 8.69. The molecular formula is C18H19BrN2O4S2. The Kier molecular flexibility index (Phi) is 6.78. The molecule has 0 aliphatic carbocycles. The zero-order valence-electron chi connectivity index (χ0n) is 14.7. The molecular weight excluding hydrogens is 452 g/mol. The van der Waals surface area contributed by atoms with Crippen LogP contribution in [0.5, 0.6) is 11.5 Å². The molecule has 0 spiro atoms. The van der Waals surface area contributed by atoms with Crippen LogP contribution in [0.15, 0.2) is 21.5 Å². The van der Waals surface area contributed by atoms with Crippen molar-refractivity contribution in [2.75, 3.05) is 26.8 Å². The van der Waals surface area contributed by atoms with Crippen molar-refractivity contribution < 1.29 is 19.1 Å². The number of methoxy groups -OCH3 is 1. The van der Waals surface area contributed by atoms with Gasteiger partial charge in [0.15, 0.2) is 18.1 Å². The fourth-order valence-electron chi connectivity index (χ4n) is 2.90. The minimum atomic E-state index is -0.215. The van der Waals surface area contributed by atoms with Crippen molar-refractivity contribution in [1.82, 2.24) is 10.2 Å². The highest BCUT2D eigenvalue weighted by Gasteiger charge is 2.23. The number of halogens is 1. The Balaban J connectivity index is 1.74. The third-order valence-electron chi connectivity index (χ3n) is 4.24. The standard InChI is InChI=1S/C18H19BrN2O4S2/c1-24-13-8-11(9-14-17(23)20-18(26)27-14)7-12(19)16(13)25-10-15(22)21-5-3-2-4-6-21/h7-9H,2-6,10H2,1H3,(H,20,23,26)/b14-9+. The zero-order valence-corrected chi connectivity index (χ0v) is 18.0. The van der Waals surface area contributed by atoms with E-state index in [4.69, 9.17) is 21.7 Å². The second kappa shape index (κ2) is 9.07. The monoisotopic (exact) mass is 470 g/mol. The van der Waals surface area contributed by atoms with Gasteiger partial charge in [-0.1, -0.05) is 24.0 Å². The minimum absolute atomic E-state index is 0.0256. The maximum absolute atomic E-state index is 12.3. The van der Waals surface area contributed by atoms with Gasteiger partial charge in [0, 0.05) is 13.1 Å². The Bertz CT molecular complexity index is 807. The van der Waals surface area contributed by atoms with E-state index in [-0.39, 0.29) is 18.4 Å². The maximum atomic E-state index is 12.3. The molecule has 2 amide bonds. The highest BCUT2D eigenvalue weighted by Crippen LogP contribution is 2.38. The summed E-state index contributed by atoms with van der Waals surface area (Å²) >= 11 is 9.68. The van der Waals surface area contributed by atoms with Gasteiger partial charge < -0.3 is 19.7 Å². The number of thiocarbonyl (C=S) groups is 1.